The van der Waals surface area contributed by atoms with Crippen LogP contribution in [-0.4, -0.2) is 17.6 Å². The third kappa shape index (κ3) is 4.51. The van der Waals surface area contributed by atoms with Gasteiger partial charge in [0.15, 0.2) is 0 Å². The Morgan fingerprint density at radius 3 is 2.71 bits per heavy atom. The summed E-state index contributed by atoms with van der Waals surface area (Å²) in [5, 5.41) is 5.40. The van der Waals surface area contributed by atoms with Gasteiger partial charge in [0.25, 0.3) is 0 Å². The number of para-hydroxylation sites is 1. The normalized spacial score (nSPS) is 11.7. The molecule has 2 rings (SSSR count). The molecule has 0 saturated carbocycles. The van der Waals surface area contributed by atoms with Crippen molar-refractivity contribution in [2.24, 2.45) is 0 Å². The van der Waals surface area contributed by atoms with Gasteiger partial charge in [-0.05, 0) is 32.4 Å². The van der Waals surface area contributed by atoms with Crippen molar-refractivity contribution in [3.63, 3.8) is 0 Å². The summed E-state index contributed by atoms with van der Waals surface area (Å²) in [5.41, 5.74) is 4.36. The number of benzene rings is 1. The van der Waals surface area contributed by atoms with Gasteiger partial charge in [-0.25, -0.2) is 9.37 Å². The van der Waals surface area contributed by atoms with Crippen molar-refractivity contribution in [3.8, 4) is 0 Å². The van der Waals surface area contributed by atoms with E-state index in [4.69, 9.17) is 0 Å². The summed E-state index contributed by atoms with van der Waals surface area (Å²) < 4.78 is 14.3. The van der Waals surface area contributed by atoms with Crippen molar-refractivity contribution in [2.45, 2.75) is 39.4 Å². The second kappa shape index (κ2) is 6.54. The minimum Gasteiger partial charge on any atom is -0.366 e. The largest absolute Gasteiger partial charge is 0.366 e. The summed E-state index contributed by atoms with van der Waals surface area (Å²) in [7, 11) is 1.90. The molecule has 0 bridgehead atoms. The minimum atomic E-state index is -0.194. The van der Waals surface area contributed by atoms with E-state index in [9.17, 15) is 4.39 Å². The smallest absolute Gasteiger partial charge is 0.146 e. The number of hydrogen-bond acceptors (Lipinski definition) is 4. The van der Waals surface area contributed by atoms with Crippen LogP contribution in [-0.2, 0) is 13.1 Å². The fourth-order valence-corrected chi connectivity index (χ4v) is 2.68. The van der Waals surface area contributed by atoms with Crippen LogP contribution >= 0.6 is 11.3 Å². The van der Waals surface area contributed by atoms with Crippen LogP contribution in [0.4, 0.5) is 10.1 Å². The van der Waals surface area contributed by atoms with Gasteiger partial charge in [0.2, 0.25) is 0 Å². The van der Waals surface area contributed by atoms with E-state index in [0.29, 0.717) is 18.8 Å². The lowest BCUT2D eigenvalue weighted by Gasteiger charge is -2.25. The summed E-state index contributed by atoms with van der Waals surface area (Å²) in [5.74, 6) is -0.194. The van der Waals surface area contributed by atoms with E-state index in [-0.39, 0.29) is 11.4 Å². The number of hydrogen-bond donors (Lipinski definition) is 1. The zero-order chi connectivity index (χ0) is 15.5. The Morgan fingerprint density at radius 2 is 2.10 bits per heavy atom. The molecule has 1 heterocycles. The van der Waals surface area contributed by atoms with E-state index in [1.807, 2.05) is 23.4 Å². The van der Waals surface area contributed by atoms with Crippen LogP contribution in [0, 0.1) is 5.82 Å². The molecule has 21 heavy (non-hydrogen) atoms. The zero-order valence-electron chi connectivity index (χ0n) is 13.0. The summed E-state index contributed by atoms with van der Waals surface area (Å²) in [6.07, 6.45) is 0. The van der Waals surface area contributed by atoms with Gasteiger partial charge in [0.05, 0.1) is 23.4 Å². The van der Waals surface area contributed by atoms with Gasteiger partial charge in [-0.1, -0.05) is 12.1 Å². The number of thiazole rings is 1. The summed E-state index contributed by atoms with van der Waals surface area (Å²) in [6, 6.07) is 5.23. The Hall–Kier alpha value is -1.46. The molecule has 5 heteroatoms. The van der Waals surface area contributed by atoms with E-state index >= 15 is 0 Å². The van der Waals surface area contributed by atoms with E-state index < -0.39 is 0 Å². The lowest BCUT2D eigenvalue weighted by Crippen LogP contribution is -2.35. The van der Waals surface area contributed by atoms with Crippen LogP contribution in [0.5, 0.6) is 0 Å². The predicted molar refractivity (Wildman–Crippen MR) is 87.2 cm³/mol. The molecule has 2 aromatic rings. The molecule has 1 aromatic heterocycles. The molecule has 3 nitrogen and oxygen atoms in total. The number of halogens is 1. The highest BCUT2D eigenvalue weighted by atomic mass is 32.1. The molecule has 114 valence electrons. The molecule has 0 fully saturated rings. The third-order valence-corrected chi connectivity index (χ3v) is 3.78. The molecule has 0 aliphatic heterocycles. The van der Waals surface area contributed by atoms with Crippen molar-refractivity contribution >= 4 is 17.0 Å². The van der Waals surface area contributed by atoms with Crippen molar-refractivity contribution in [1.82, 2.24) is 10.3 Å². The monoisotopic (exact) mass is 307 g/mol. The highest BCUT2D eigenvalue weighted by Crippen LogP contribution is 2.25. The topological polar surface area (TPSA) is 28.2 Å². The molecule has 0 atom stereocenters. The molecule has 0 spiro atoms. The van der Waals surface area contributed by atoms with Crippen molar-refractivity contribution in [3.05, 3.63) is 46.2 Å². The fourth-order valence-electron chi connectivity index (χ4n) is 2.13. The summed E-state index contributed by atoms with van der Waals surface area (Å²) in [4.78, 5) is 6.19. The van der Waals surface area contributed by atoms with Crippen LogP contribution < -0.4 is 10.2 Å². The molecule has 0 aliphatic rings. The van der Waals surface area contributed by atoms with Gasteiger partial charge in [-0.3, -0.25) is 0 Å². The van der Waals surface area contributed by atoms with Crippen molar-refractivity contribution in [1.29, 1.82) is 0 Å². The highest BCUT2D eigenvalue weighted by molar-refractivity contribution is 7.07. The molecule has 1 N–H and O–H groups in total. The summed E-state index contributed by atoms with van der Waals surface area (Å²) >= 11 is 1.55. The van der Waals surface area contributed by atoms with Crippen LogP contribution in [0.3, 0.4) is 0 Å². The summed E-state index contributed by atoms with van der Waals surface area (Å²) in [6.45, 7) is 7.55. The number of rotatable bonds is 5. The minimum absolute atomic E-state index is 0.00290. The van der Waals surface area contributed by atoms with Crippen LogP contribution in [0.1, 0.15) is 32.0 Å². The predicted octanol–water partition coefficient (Wildman–Crippen LogP) is 3.81. The zero-order valence-corrected chi connectivity index (χ0v) is 13.8. The Kier molecular flexibility index (Phi) is 4.96. The maximum absolute atomic E-state index is 14.3. The first-order valence-electron chi connectivity index (χ1n) is 6.97. The third-order valence-electron chi connectivity index (χ3n) is 3.14. The van der Waals surface area contributed by atoms with E-state index in [1.54, 1.807) is 22.9 Å². The number of nitrogens with one attached hydrogen (secondary N) is 1. The molecular weight excluding hydrogens is 285 g/mol. The Bertz CT molecular complexity index is 576. The number of nitrogens with zero attached hydrogens (tertiary/aromatic N) is 2. The van der Waals surface area contributed by atoms with Gasteiger partial charge in [0, 0.05) is 24.5 Å². The average Bonchev–Trinajstić information content (AvgIpc) is 2.88. The average molecular weight is 307 g/mol. The SMILES string of the molecule is CN(Cc1cscn1)c1c(F)cccc1CNC(C)(C)C. The van der Waals surface area contributed by atoms with Crippen molar-refractivity contribution in [2.75, 3.05) is 11.9 Å². The molecule has 0 aliphatic carbocycles. The van der Waals surface area contributed by atoms with Crippen LogP contribution in [0.15, 0.2) is 29.1 Å². The molecule has 0 saturated heterocycles. The molecule has 1 aromatic carbocycles. The van der Waals surface area contributed by atoms with Crippen LogP contribution in [0.25, 0.3) is 0 Å². The second-order valence-electron chi connectivity index (χ2n) is 6.19. The van der Waals surface area contributed by atoms with Crippen LogP contribution in [0.2, 0.25) is 0 Å². The van der Waals surface area contributed by atoms with Gasteiger partial charge >= 0.3 is 0 Å². The van der Waals surface area contributed by atoms with E-state index in [0.717, 1.165) is 11.3 Å². The molecule has 0 unspecified atom stereocenters. The van der Waals surface area contributed by atoms with Gasteiger partial charge in [-0.15, -0.1) is 11.3 Å². The first kappa shape index (κ1) is 15.9. The standard InChI is InChI=1S/C16H22FN3S/c1-16(2,3)19-8-12-6-5-7-14(17)15(12)20(4)9-13-10-21-11-18-13/h5-7,10-11,19H,8-9H2,1-4H3. The maximum Gasteiger partial charge on any atom is 0.146 e. The van der Waals surface area contributed by atoms with E-state index in [1.165, 1.54) is 6.07 Å². The Balaban J connectivity index is 2.20. The molecule has 0 radical (unpaired) electrons. The lowest BCUT2D eigenvalue weighted by atomic mass is 10.1. The molecular formula is C16H22FN3S. The fraction of sp³-hybridized carbons (Fsp3) is 0.438. The quantitative estimate of drug-likeness (QED) is 0.910. The Labute approximate surface area is 129 Å². The second-order valence-corrected chi connectivity index (χ2v) is 6.91. The first-order chi connectivity index (χ1) is 9.87. The van der Waals surface area contributed by atoms with E-state index in [2.05, 4.69) is 31.1 Å². The lowest BCUT2D eigenvalue weighted by molar-refractivity contribution is 0.423. The highest BCUT2D eigenvalue weighted by Gasteiger charge is 2.16. The number of aromatic nitrogens is 1. The Morgan fingerprint density at radius 1 is 1.33 bits per heavy atom. The van der Waals surface area contributed by atoms with Crippen molar-refractivity contribution < 1.29 is 4.39 Å². The first-order valence-corrected chi connectivity index (χ1v) is 7.92. The maximum atomic E-state index is 14.3. The molecule has 0 amide bonds. The van der Waals surface area contributed by atoms with Gasteiger partial charge < -0.3 is 10.2 Å². The van der Waals surface area contributed by atoms with Gasteiger partial charge in [0.1, 0.15) is 5.82 Å². The number of anilines is 1. The van der Waals surface area contributed by atoms with Gasteiger partial charge in [-0.2, -0.15) is 0 Å².